The molecule has 2 aliphatic rings. The quantitative estimate of drug-likeness (QED) is 0.603. The Balaban J connectivity index is 1.71. The highest BCUT2D eigenvalue weighted by Gasteiger charge is 2.26. The number of nitrogens with zero attached hydrogens (tertiary/aromatic N) is 5. The summed E-state index contributed by atoms with van der Waals surface area (Å²) >= 11 is 5.39. The van der Waals surface area contributed by atoms with E-state index in [9.17, 15) is 9.59 Å². The summed E-state index contributed by atoms with van der Waals surface area (Å²) in [5.41, 5.74) is 5.07. The molecule has 1 fully saturated rings. The Labute approximate surface area is 157 Å². The van der Waals surface area contributed by atoms with Crippen molar-refractivity contribution < 1.29 is 9.59 Å². The van der Waals surface area contributed by atoms with Crippen LogP contribution in [0.1, 0.15) is 26.0 Å². The molecule has 0 aromatic carbocycles. The van der Waals surface area contributed by atoms with E-state index in [-0.39, 0.29) is 18.4 Å². The maximum Gasteiger partial charge on any atom is 0.242 e. The molecule has 0 aliphatic carbocycles. The van der Waals surface area contributed by atoms with E-state index in [4.69, 9.17) is 12.2 Å². The molecular weight excluding hydrogens is 352 g/mol. The predicted molar refractivity (Wildman–Crippen MR) is 103 cm³/mol. The first kappa shape index (κ1) is 18.2. The second-order valence-corrected chi connectivity index (χ2v) is 6.55. The van der Waals surface area contributed by atoms with Gasteiger partial charge in [-0.2, -0.15) is 5.10 Å². The van der Waals surface area contributed by atoms with Crippen molar-refractivity contribution in [3.63, 3.8) is 0 Å². The summed E-state index contributed by atoms with van der Waals surface area (Å²) in [6.07, 6.45) is 2.26. The molecule has 0 saturated carbocycles. The first-order valence-electron chi connectivity index (χ1n) is 8.64. The van der Waals surface area contributed by atoms with E-state index in [0.717, 1.165) is 11.4 Å². The van der Waals surface area contributed by atoms with Gasteiger partial charge in [-0.3, -0.25) is 20.0 Å². The van der Waals surface area contributed by atoms with Crippen LogP contribution in [0.3, 0.4) is 0 Å². The van der Waals surface area contributed by atoms with Gasteiger partial charge in [0.25, 0.3) is 0 Å². The number of hydrazone groups is 1. The number of rotatable bonds is 2. The van der Waals surface area contributed by atoms with Gasteiger partial charge >= 0.3 is 0 Å². The average Bonchev–Trinajstić information content (AvgIpc) is 2.65. The van der Waals surface area contributed by atoms with Gasteiger partial charge in [-0.05, 0) is 31.3 Å². The van der Waals surface area contributed by atoms with Crippen molar-refractivity contribution in [3.8, 4) is 0 Å². The number of pyridine rings is 1. The molecule has 2 aliphatic heterocycles. The molecule has 1 N–H and O–H groups in total. The monoisotopic (exact) mass is 374 g/mol. The number of amides is 2. The Kier molecular flexibility index (Phi) is 5.46. The summed E-state index contributed by atoms with van der Waals surface area (Å²) in [4.78, 5) is 33.5. The van der Waals surface area contributed by atoms with Crippen LogP contribution in [-0.2, 0) is 9.59 Å². The second-order valence-electron chi connectivity index (χ2n) is 6.16. The average molecular weight is 374 g/mol. The lowest BCUT2D eigenvalue weighted by molar-refractivity contribution is -0.134. The second kappa shape index (κ2) is 7.77. The molecule has 26 heavy (non-hydrogen) atoms. The fourth-order valence-electron chi connectivity index (χ4n) is 3.13. The van der Waals surface area contributed by atoms with Crippen LogP contribution in [-0.4, -0.2) is 70.1 Å². The van der Waals surface area contributed by atoms with Crippen molar-refractivity contribution in [1.29, 1.82) is 0 Å². The summed E-state index contributed by atoms with van der Waals surface area (Å²) in [6, 6.07) is 3.66. The van der Waals surface area contributed by atoms with Gasteiger partial charge in [0.05, 0.1) is 17.9 Å². The molecule has 3 rings (SSSR count). The number of aromatic nitrogens is 1. The number of hydrogen-bond acceptors (Lipinski definition) is 5. The van der Waals surface area contributed by atoms with Gasteiger partial charge in [-0.25, -0.2) is 0 Å². The van der Waals surface area contributed by atoms with Crippen LogP contribution < -0.4 is 10.3 Å². The Morgan fingerprint density at radius 2 is 2.19 bits per heavy atom. The van der Waals surface area contributed by atoms with Crippen LogP contribution in [0, 0.1) is 0 Å². The van der Waals surface area contributed by atoms with E-state index in [1.54, 1.807) is 24.1 Å². The first-order chi connectivity index (χ1) is 12.5. The summed E-state index contributed by atoms with van der Waals surface area (Å²) in [6.45, 7) is 6.37. The number of thiocarbonyl (C=S) groups is 1. The highest BCUT2D eigenvalue weighted by atomic mass is 32.1. The number of carbonyl (C=O) groups is 2. The molecule has 0 spiro atoms. The molecule has 0 unspecified atom stereocenters. The standard InChI is InChI=1S/C17H22N6O2S/c1-3-21-9-10-22(11-15(21)25)17(26)20-19-13-6-8-23(12(2)24)14-5-4-7-18-16(13)14/h4-5,7H,3,6,8-11H2,1-2H3,(H,20,26)/b19-13-. The summed E-state index contributed by atoms with van der Waals surface area (Å²) in [5, 5.41) is 4.84. The van der Waals surface area contributed by atoms with E-state index in [0.29, 0.717) is 43.4 Å². The minimum absolute atomic E-state index is 0.0194. The molecule has 1 aromatic rings. The molecule has 1 saturated heterocycles. The van der Waals surface area contributed by atoms with Gasteiger partial charge in [0.15, 0.2) is 5.11 Å². The Morgan fingerprint density at radius 1 is 1.38 bits per heavy atom. The third-order valence-electron chi connectivity index (χ3n) is 4.58. The van der Waals surface area contributed by atoms with Crippen LogP contribution >= 0.6 is 12.2 Å². The lowest BCUT2D eigenvalue weighted by Gasteiger charge is -2.34. The first-order valence-corrected chi connectivity index (χ1v) is 9.04. The van der Waals surface area contributed by atoms with Crippen molar-refractivity contribution in [2.75, 3.05) is 37.6 Å². The van der Waals surface area contributed by atoms with Crippen molar-refractivity contribution in [2.45, 2.75) is 20.3 Å². The third kappa shape index (κ3) is 3.67. The lowest BCUT2D eigenvalue weighted by Crippen LogP contribution is -2.53. The number of carbonyl (C=O) groups excluding carboxylic acids is 2. The van der Waals surface area contributed by atoms with Crippen LogP contribution in [0.25, 0.3) is 0 Å². The smallest absolute Gasteiger partial charge is 0.242 e. The van der Waals surface area contributed by atoms with E-state index in [1.165, 1.54) is 0 Å². The number of fused-ring (bicyclic) bond motifs is 1. The van der Waals surface area contributed by atoms with Crippen LogP contribution in [0.15, 0.2) is 23.4 Å². The van der Waals surface area contributed by atoms with Crippen LogP contribution in [0.2, 0.25) is 0 Å². The summed E-state index contributed by atoms with van der Waals surface area (Å²) in [5.74, 6) is 0.0476. The predicted octanol–water partition coefficient (Wildman–Crippen LogP) is 0.581. The molecule has 0 radical (unpaired) electrons. The zero-order valence-corrected chi connectivity index (χ0v) is 15.8. The summed E-state index contributed by atoms with van der Waals surface area (Å²) < 4.78 is 0. The number of nitrogens with one attached hydrogen (secondary N) is 1. The SMILES string of the molecule is CCN1CCN(C(=S)N/N=C2/CCN(C(C)=O)c3cccnc32)CC1=O. The van der Waals surface area contributed by atoms with Crippen molar-refractivity contribution in [2.24, 2.45) is 5.10 Å². The number of anilines is 1. The molecule has 1 aromatic heterocycles. The Morgan fingerprint density at radius 3 is 2.88 bits per heavy atom. The van der Waals surface area contributed by atoms with E-state index >= 15 is 0 Å². The molecule has 9 heteroatoms. The normalized spacial score (nSPS) is 18.8. The van der Waals surface area contributed by atoms with Crippen LogP contribution in [0.4, 0.5) is 5.69 Å². The number of likely N-dealkylation sites (N-methyl/N-ethyl adjacent to an activating group) is 1. The lowest BCUT2D eigenvalue weighted by atomic mass is 10.1. The van der Waals surface area contributed by atoms with Crippen LogP contribution in [0.5, 0.6) is 0 Å². The maximum absolute atomic E-state index is 12.0. The van der Waals surface area contributed by atoms with Crippen molar-refractivity contribution in [3.05, 3.63) is 24.0 Å². The maximum atomic E-state index is 12.0. The Hall–Kier alpha value is -2.55. The molecule has 2 amide bonds. The van der Waals surface area contributed by atoms with Crippen molar-refractivity contribution >= 4 is 40.5 Å². The molecule has 138 valence electrons. The topological polar surface area (TPSA) is 81.1 Å². The fourth-order valence-corrected chi connectivity index (χ4v) is 3.33. The molecule has 3 heterocycles. The minimum Gasteiger partial charge on any atom is -0.340 e. The van der Waals surface area contributed by atoms with Gasteiger partial charge in [0.2, 0.25) is 11.8 Å². The molecular formula is C17H22N6O2S. The van der Waals surface area contributed by atoms with Gasteiger partial charge in [0.1, 0.15) is 5.69 Å². The highest BCUT2D eigenvalue weighted by Crippen LogP contribution is 2.25. The van der Waals surface area contributed by atoms with Gasteiger partial charge in [-0.15, -0.1) is 0 Å². The third-order valence-corrected chi connectivity index (χ3v) is 4.93. The van der Waals surface area contributed by atoms with E-state index in [1.807, 2.05) is 22.8 Å². The minimum atomic E-state index is -0.0194. The zero-order valence-electron chi connectivity index (χ0n) is 14.9. The molecule has 0 atom stereocenters. The van der Waals surface area contributed by atoms with Gasteiger partial charge in [0, 0.05) is 45.7 Å². The Bertz CT molecular complexity index is 765. The van der Waals surface area contributed by atoms with E-state index in [2.05, 4.69) is 15.5 Å². The molecule has 8 nitrogen and oxygen atoms in total. The zero-order chi connectivity index (χ0) is 18.7. The largest absolute Gasteiger partial charge is 0.340 e. The fraction of sp³-hybridized carbons (Fsp3) is 0.471. The summed E-state index contributed by atoms with van der Waals surface area (Å²) in [7, 11) is 0. The number of piperazine rings is 1. The van der Waals surface area contributed by atoms with Crippen molar-refractivity contribution in [1.82, 2.24) is 20.2 Å². The highest BCUT2D eigenvalue weighted by molar-refractivity contribution is 7.80. The van der Waals surface area contributed by atoms with Gasteiger partial charge in [-0.1, -0.05) is 0 Å². The molecule has 0 bridgehead atoms. The van der Waals surface area contributed by atoms with Gasteiger partial charge < -0.3 is 14.7 Å². The van der Waals surface area contributed by atoms with E-state index < -0.39 is 0 Å². The number of hydrogen-bond donors (Lipinski definition) is 1.